The molecule has 0 bridgehead atoms. The van der Waals surface area contributed by atoms with Crippen LogP contribution in [0, 0.1) is 22.0 Å². The highest BCUT2D eigenvalue weighted by Crippen LogP contribution is 2.14. The third-order valence-electron chi connectivity index (χ3n) is 1.95. The number of hydrogen-bond acceptors (Lipinski definition) is 2. The smallest absolute Gasteiger partial charge is 0.263 e. The van der Waals surface area contributed by atoms with Crippen LogP contribution in [0.5, 0.6) is 0 Å². The van der Waals surface area contributed by atoms with E-state index in [1.165, 1.54) is 13.0 Å². The number of rotatable bonds is 2. The minimum atomic E-state index is -1.23. The van der Waals surface area contributed by atoms with Gasteiger partial charge >= 0.3 is 0 Å². The van der Waals surface area contributed by atoms with Gasteiger partial charge < -0.3 is 0 Å². The van der Waals surface area contributed by atoms with Crippen LogP contribution in [-0.4, -0.2) is 10.5 Å². The number of allylic oxidation sites excluding steroid dienone is 3. The van der Waals surface area contributed by atoms with E-state index in [0.717, 1.165) is 12.0 Å². The van der Waals surface area contributed by atoms with Crippen LogP contribution in [0.1, 0.15) is 20.3 Å². The SMILES string of the molecule is CCC1=CC=CC(C)([N+](=O)[O-])C#C1. The minimum absolute atomic E-state index is 0.372. The Hall–Kier alpha value is -1.56. The highest BCUT2D eigenvalue weighted by molar-refractivity contribution is 5.39. The summed E-state index contributed by atoms with van der Waals surface area (Å²) >= 11 is 0. The predicted molar refractivity (Wildman–Crippen MR) is 50.7 cm³/mol. The molecule has 3 heteroatoms. The monoisotopic (exact) mass is 177 g/mol. The Balaban J connectivity index is 3.02. The van der Waals surface area contributed by atoms with Gasteiger partial charge in [0.2, 0.25) is 0 Å². The van der Waals surface area contributed by atoms with Crippen molar-refractivity contribution in [2.75, 3.05) is 0 Å². The summed E-state index contributed by atoms with van der Waals surface area (Å²) in [4.78, 5) is 10.3. The topological polar surface area (TPSA) is 43.1 Å². The first-order valence-corrected chi connectivity index (χ1v) is 4.14. The fourth-order valence-electron chi connectivity index (χ4n) is 0.955. The summed E-state index contributed by atoms with van der Waals surface area (Å²) in [5.74, 6) is 5.46. The third kappa shape index (κ3) is 1.97. The summed E-state index contributed by atoms with van der Waals surface area (Å²) in [5, 5.41) is 10.7. The van der Waals surface area contributed by atoms with Crippen molar-refractivity contribution in [2.24, 2.45) is 0 Å². The van der Waals surface area contributed by atoms with Crippen molar-refractivity contribution in [3.05, 3.63) is 33.9 Å². The molecule has 0 saturated carbocycles. The number of nitrogens with zero attached hydrogens (tertiary/aromatic N) is 1. The summed E-state index contributed by atoms with van der Waals surface area (Å²) in [5.41, 5.74) is -0.297. The predicted octanol–water partition coefficient (Wildman–Crippen LogP) is 1.93. The van der Waals surface area contributed by atoms with E-state index < -0.39 is 5.54 Å². The minimum Gasteiger partial charge on any atom is -0.263 e. The van der Waals surface area contributed by atoms with E-state index in [-0.39, 0.29) is 4.92 Å². The molecule has 3 nitrogen and oxygen atoms in total. The van der Waals surface area contributed by atoms with Crippen LogP contribution in [0.4, 0.5) is 0 Å². The van der Waals surface area contributed by atoms with Gasteiger partial charge in [-0.15, -0.1) is 0 Å². The van der Waals surface area contributed by atoms with Crippen LogP contribution < -0.4 is 0 Å². The molecule has 0 N–H and O–H groups in total. The second-order valence-corrected chi connectivity index (χ2v) is 3.06. The Morgan fingerprint density at radius 1 is 1.69 bits per heavy atom. The van der Waals surface area contributed by atoms with Crippen LogP contribution in [0.15, 0.2) is 23.8 Å². The van der Waals surface area contributed by atoms with Crippen molar-refractivity contribution in [2.45, 2.75) is 25.8 Å². The van der Waals surface area contributed by atoms with Gasteiger partial charge in [0.25, 0.3) is 5.54 Å². The Kier molecular flexibility index (Phi) is 2.52. The van der Waals surface area contributed by atoms with Gasteiger partial charge in [-0.1, -0.05) is 25.0 Å². The summed E-state index contributed by atoms with van der Waals surface area (Å²) < 4.78 is 0. The van der Waals surface area contributed by atoms with Gasteiger partial charge in [0.15, 0.2) is 0 Å². The average molecular weight is 177 g/mol. The fourth-order valence-corrected chi connectivity index (χ4v) is 0.955. The van der Waals surface area contributed by atoms with Gasteiger partial charge in [0.1, 0.15) is 0 Å². The zero-order valence-electron chi connectivity index (χ0n) is 7.70. The second kappa shape index (κ2) is 3.44. The maximum atomic E-state index is 10.7. The molecule has 1 rings (SSSR count). The molecule has 0 aromatic rings. The first kappa shape index (κ1) is 9.53. The lowest BCUT2D eigenvalue weighted by Gasteiger charge is -2.07. The fraction of sp³-hybridized carbons (Fsp3) is 0.400. The average Bonchev–Trinajstić information content (AvgIpc) is 2.28. The molecule has 1 unspecified atom stereocenters. The number of nitro groups is 1. The molecule has 0 spiro atoms. The first-order chi connectivity index (χ1) is 6.08. The maximum Gasteiger partial charge on any atom is 0.297 e. The molecule has 1 atom stereocenters. The third-order valence-corrected chi connectivity index (χ3v) is 1.95. The van der Waals surface area contributed by atoms with Crippen molar-refractivity contribution in [3.63, 3.8) is 0 Å². The number of hydrogen-bond donors (Lipinski definition) is 0. The molecule has 0 aromatic heterocycles. The molecule has 0 fully saturated rings. The van der Waals surface area contributed by atoms with Crippen molar-refractivity contribution in [1.29, 1.82) is 0 Å². The van der Waals surface area contributed by atoms with Crippen LogP contribution >= 0.6 is 0 Å². The largest absolute Gasteiger partial charge is 0.297 e. The van der Waals surface area contributed by atoms with Crippen molar-refractivity contribution in [1.82, 2.24) is 0 Å². The molecular weight excluding hydrogens is 166 g/mol. The zero-order chi connectivity index (χ0) is 9.90. The molecule has 0 aliphatic heterocycles. The molecule has 0 heterocycles. The van der Waals surface area contributed by atoms with Gasteiger partial charge in [-0.25, -0.2) is 0 Å². The quantitative estimate of drug-likeness (QED) is 0.367. The van der Waals surface area contributed by atoms with Crippen molar-refractivity contribution < 1.29 is 4.92 Å². The van der Waals surface area contributed by atoms with E-state index >= 15 is 0 Å². The molecule has 13 heavy (non-hydrogen) atoms. The Morgan fingerprint density at radius 3 is 2.92 bits per heavy atom. The molecule has 0 amide bonds. The molecule has 0 saturated heterocycles. The Morgan fingerprint density at radius 2 is 2.38 bits per heavy atom. The van der Waals surface area contributed by atoms with E-state index in [2.05, 4.69) is 11.8 Å². The molecule has 68 valence electrons. The van der Waals surface area contributed by atoms with E-state index in [9.17, 15) is 10.1 Å². The maximum absolute atomic E-state index is 10.7. The molecule has 0 aromatic carbocycles. The van der Waals surface area contributed by atoms with Crippen molar-refractivity contribution >= 4 is 0 Å². The lowest BCUT2D eigenvalue weighted by atomic mass is 10.0. The van der Waals surface area contributed by atoms with Crippen LogP contribution in [0.25, 0.3) is 0 Å². The summed E-state index contributed by atoms with van der Waals surface area (Å²) in [6, 6.07) is 0. The molecular formula is C10H11NO2. The highest BCUT2D eigenvalue weighted by Gasteiger charge is 2.31. The molecule has 1 aliphatic carbocycles. The first-order valence-electron chi connectivity index (χ1n) is 4.14. The van der Waals surface area contributed by atoms with Gasteiger partial charge in [-0.3, -0.25) is 10.1 Å². The highest BCUT2D eigenvalue weighted by atomic mass is 16.6. The second-order valence-electron chi connectivity index (χ2n) is 3.06. The van der Waals surface area contributed by atoms with Gasteiger partial charge in [0, 0.05) is 23.5 Å². The van der Waals surface area contributed by atoms with Gasteiger partial charge in [0.05, 0.1) is 0 Å². The van der Waals surface area contributed by atoms with E-state index in [0.29, 0.717) is 0 Å². The Labute approximate surface area is 77.3 Å². The lowest BCUT2D eigenvalue weighted by molar-refractivity contribution is -0.532. The molecule has 1 aliphatic rings. The summed E-state index contributed by atoms with van der Waals surface area (Å²) in [7, 11) is 0. The van der Waals surface area contributed by atoms with Crippen LogP contribution in [0.3, 0.4) is 0 Å². The summed E-state index contributed by atoms with van der Waals surface area (Å²) in [6.45, 7) is 3.48. The normalized spacial score (nSPS) is 25.5. The lowest BCUT2D eigenvalue weighted by Crippen LogP contribution is -2.30. The standard InChI is InChI=1S/C10H11NO2/c1-3-9-5-4-7-10(2,8-6-9)11(12)13/h4-5,7H,3H2,1-2H3. The van der Waals surface area contributed by atoms with Crippen LogP contribution in [-0.2, 0) is 0 Å². The van der Waals surface area contributed by atoms with E-state index in [1.54, 1.807) is 6.08 Å². The van der Waals surface area contributed by atoms with Crippen LogP contribution in [0.2, 0.25) is 0 Å². The molecule has 0 radical (unpaired) electrons. The van der Waals surface area contributed by atoms with E-state index in [1.807, 2.05) is 13.0 Å². The van der Waals surface area contributed by atoms with Gasteiger partial charge in [-0.2, -0.15) is 0 Å². The van der Waals surface area contributed by atoms with E-state index in [4.69, 9.17) is 0 Å². The Bertz CT molecular complexity index is 344. The zero-order valence-corrected chi connectivity index (χ0v) is 7.70. The van der Waals surface area contributed by atoms with Crippen molar-refractivity contribution in [3.8, 4) is 11.8 Å². The summed E-state index contributed by atoms with van der Waals surface area (Å²) in [6.07, 6.45) is 5.84. The van der Waals surface area contributed by atoms with Gasteiger partial charge in [-0.05, 0) is 12.3 Å².